The van der Waals surface area contributed by atoms with E-state index in [0.717, 1.165) is 12.3 Å². The first-order valence-electron chi connectivity index (χ1n) is 6.15. The van der Waals surface area contributed by atoms with Crippen LogP contribution in [0.4, 0.5) is 0 Å². The van der Waals surface area contributed by atoms with E-state index in [1.807, 2.05) is 0 Å². The predicted molar refractivity (Wildman–Crippen MR) is 80.9 cm³/mol. The number of nitrogens with zero attached hydrogens (tertiary/aromatic N) is 1. The third-order valence-electron chi connectivity index (χ3n) is 2.59. The molecule has 1 N–H and O–H groups in total. The van der Waals surface area contributed by atoms with E-state index in [2.05, 4.69) is 16.9 Å². The predicted octanol–water partition coefficient (Wildman–Crippen LogP) is 2.09. The monoisotopic (exact) mass is 292 g/mol. The number of aliphatic imine (C=N–C) groups is 1. The number of amides is 1. The Kier molecular flexibility index (Phi) is 5.06. The Balaban J connectivity index is 2.11. The summed E-state index contributed by atoms with van der Waals surface area (Å²) in [5.74, 6) is 1.80. The average Bonchev–Trinajstić information content (AvgIpc) is 2.97. The summed E-state index contributed by atoms with van der Waals surface area (Å²) in [6.45, 7) is 4.72. The van der Waals surface area contributed by atoms with E-state index in [4.69, 9.17) is 9.47 Å². The first-order chi connectivity index (χ1) is 9.74. The zero-order valence-electron chi connectivity index (χ0n) is 11.2. The van der Waals surface area contributed by atoms with Crippen LogP contribution >= 0.6 is 11.8 Å². The molecule has 1 aromatic carbocycles. The van der Waals surface area contributed by atoms with Gasteiger partial charge in [0.1, 0.15) is 6.61 Å². The Hall–Kier alpha value is -1.95. The van der Waals surface area contributed by atoms with Gasteiger partial charge in [0.2, 0.25) is 0 Å². The fraction of sp³-hybridized carbons (Fsp3) is 0.286. The number of ether oxygens (including phenoxy) is 2. The molecule has 1 aliphatic heterocycles. The number of hydrogen-bond acceptors (Lipinski definition) is 5. The fourth-order valence-electron chi connectivity index (χ4n) is 1.66. The van der Waals surface area contributed by atoms with E-state index in [-0.39, 0.29) is 5.91 Å². The Bertz CT molecular complexity index is 543. The highest BCUT2D eigenvalue weighted by molar-refractivity contribution is 8.14. The van der Waals surface area contributed by atoms with Crippen LogP contribution in [0.5, 0.6) is 11.5 Å². The number of carbonyl (C=O) groups excluding carboxylic acids is 1. The molecule has 0 atom stereocenters. The summed E-state index contributed by atoms with van der Waals surface area (Å²) in [5, 5.41) is 3.44. The van der Waals surface area contributed by atoms with Gasteiger partial charge in [-0.2, -0.15) is 0 Å². The summed E-state index contributed by atoms with van der Waals surface area (Å²) >= 11 is 1.54. The highest BCUT2D eigenvalue weighted by Gasteiger charge is 2.14. The lowest BCUT2D eigenvalue weighted by atomic mass is 10.2. The van der Waals surface area contributed by atoms with E-state index < -0.39 is 0 Å². The minimum atomic E-state index is -0.202. The minimum Gasteiger partial charge on any atom is -0.493 e. The number of amidine groups is 1. The first kappa shape index (κ1) is 14.5. The maximum absolute atomic E-state index is 12.1. The molecule has 0 radical (unpaired) electrons. The number of carbonyl (C=O) groups is 1. The number of rotatable bonds is 5. The molecule has 6 heteroatoms. The van der Waals surface area contributed by atoms with Crippen molar-refractivity contribution in [2.75, 3.05) is 26.0 Å². The molecule has 20 heavy (non-hydrogen) atoms. The van der Waals surface area contributed by atoms with Gasteiger partial charge in [-0.25, -0.2) is 0 Å². The number of thioether (sulfide) groups is 1. The van der Waals surface area contributed by atoms with Gasteiger partial charge in [-0.05, 0) is 18.2 Å². The highest BCUT2D eigenvalue weighted by Crippen LogP contribution is 2.28. The summed E-state index contributed by atoms with van der Waals surface area (Å²) in [6.07, 6.45) is 1.65. The second-order valence-corrected chi connectivity index (χ2v) is 5.04. The van der Waals surface area contributed by atoms with Crippen LogP contribution in [-0.2, 0) is 0 Å². The largest absolute Gasteiger partial charge is 0.493 e. The maximum Gasteiger partial charge on any atom is 0.257 e. The van der Waals surface area contributed by atoms with Gasteiger partial charge in [0.25, 0.3) is 5.91 Å². The molecule has 2 rings (SSSR count). The van der Waals surface area contributed by atoms with Crippen molar-refractivity contribution in [1.82, 2.24) is 5.32 Å². The lowest BCUT2D eigenvalue weighted by Gasteiger charge is -2.11. The minimum absolute atomic E-state index is 0.202. The van der Waals surface area contributed by atoms with Crippen molar-refractivity contribution in [1.29, 1.82) is 0 Å². The highest BCUT2D eigenvalue weighted by atomic mass is 32.2. The second-order valence-electron chi connectivity index (χ2n) is 3.95. The van der Waals surface area contributed by atoms with Crippen LogP contribution < -0.4 is 14.8 Å². The van der Waals surface area contributed by atoms with Crippen molar-refractivity contribution in [2.45, 2.75) is 0 Å². The number of methoxy groups -OCH3 is 1. The van der Waals surface area contributed by atoms with Crippen LogP contribution in [0.1, 0.15) is 10.4 Å². The summed E-state index contributed by atoms with van der Waals surface area (Å²) in [7, 11) is 1.54. The van der Waals surface area contributed by atoms with Crippen LogP contribution in [-0.4, -0.2) is 37.1 Å². The van der Waals surface area contributed by atoms with Crippen LogP contribution in [0.15, 0.2) is 35.8 Å². The van der Waals surface area contributed by atoms with Crippen molar-refractivity contribution in [3.63, 3.8) is 0 Å². The molecule has 0 aliphatic carbocycles. The molecule has 1 amide bonds. The standard InChI is InChI=1S/C14H16N2O3S/c1-3-7-19-11-5-4-10(9-12(11)18-2)13(17)16-14-15-6-8-20-14/h3-5,9H,1,6-8H2,2H3,(H,15,16,17). The molecule has 1 heterocycles. The normalized spacial score (nSPS) is 13.6. The summed E-state index contributed by atoms with van der Waals surface area (Å²) in [6, 6.07) is 5.05. The molecular weight excluding hydrogens is 276 g/mol. The number of hydrogen-bond donors (Lipinski definition) is 1. The van der Waals surface area contributed by atoms with Gasteiger partial charge in [-0.1, -0.05) is 24.4 Å². The molecule has 5 nitrogen and oxygen atoms in total. The van der Waals surface area contributed by atoms with E-state index >= 15 is 0 Å². The second kappa shape index (κ2) is 7.00. The Labute approximate surface area is 122 Å². The van der Waals surface area contributed by atoms with Crippen molar-refractivity contribution < 1.29 is 14.3 Å². The zero-order valence-corrected chi connectivity index (χ0v) is 12.0. The van der Waals surface area contributed by atoms with Crippen LogP contribution in [0.2, 0.25) is 0 Å². The molecule has 0 unspecified atom stereocenters. The molecular formula is C14H16N2O3S. The topological polar surface area (TPSA) is 59.9 Å². The smallest absolute Gasteiger partial charge is 0.257 e. The molecule has 0 saturated heterocycles. The molecule has 106 valence electrons. The SMILES string of the molecule is C=CCOc1ccc(C(=O)NC2=NCCS2)cc1OC. The Morgan fingerprint density at radius 1 is 1.55 bits per heavy atom. The van der Waals surface area contributed by atoms with Gasteiger partial charge in [0.05, 0.1) is 13.7 Å². The van der Waals surface area contributed by atoms with E-state index in [1.165, 1.54) is 7.11 Å². The molecule has 0 fully saturated rings. The van der Waals surface area contributed by atoms with Gasteiger partial charge < -0.3 is 14.8 Å². The Morgan fingerprint density at radius 3 is 3.05 bits per heavy atom. The average molecular weight is 292 g/mol. The molecule has 0 bridgehead atoms. The molecule has 1 aromatic rings. The van der Waals surface area contributed by atoms with E-state index in [1.54, 1.807) is 36.0 Å². The lowest BCUT2D eigenvalue weighted by Crippen LogP contribution is -2.27. The van der Waals surface area contributed by atoms with Gasteiger partial charge in [-0.15, -0.1) is 0 Å². The van der Waals surface area contributed by atoms with Crippen LogP contribution in [0, 0.1) is 0 Å². The van der Waals surface area contributed by atoms with Gasteiger partial charge >= 0.3 is 0 Å². The van der Waals surface area contributed by atoms with Gasteiger partial charge in [0, 0.05) is 11.3 Å². The van der Waals surface area contributed by atoms with E-state index in [9.17, 15) is 4.79 Å². The zero-order chi connectivity index (χ0) is 14.4. The number of nitrogens with one attached hydrogen (secondary N) is 1. The van der Waals surface area contributed by atoms with Crippen LogP contribution in [0.3, 0.4) is 0 Å². The lowest BCUT2D eigenvalue weighted by molar-refractivity contribution is 0.0977. The van der Waals surface area contributed by atoms with Crippen LogP contribution in [0.25, 0.3) is 0 Å². The maximum atomic E-state index is 12.1. The Morgan fingerprint density at radius 2 is 2.40 bits per heavy atom. The first-order valence-corrected chi connectivity index (χ1v) is 7.13. The molecule has 1 aliphatic rings. The number of benzene rings is 1. The molecule has 0 aromatic heterocycles. The van der Waals surface area contributed by atoms with Crippen molar-refractivity contribution in [2.24, 2.45) is 4.99 Å². The third-order valence-corrected chi connectivity index (χ3v) is 3.48. The summed E-state index contributed by atoms with van der Waals surface area (Å²) in [4.78, 5) is 16.3. The fourth-order valence-corrected chi connectivity index (χ4v) is 2.38. The molecule has 0 saturated carbocycles. The molecule has 0 spiro atoms. The summed E-state index contributed by atoms with van der Waals surface area (Å²) < 4.78 is 10.7. The van der Waals surface area contributed by atoms with Gasteiger partial charge in [-0.3, -0.25) is 9.79 Å². The van der Waals surface area contributed by atoms with Gasteiger partial charge in [0.15, 0.2) is 16.7 Å². The van der Waals surface area contributed by atoms with E-state index in [0.29, 0.717) is 28.8 Å². The van der Waals surface area contributed by atoms with Crippen molar-refractivity contribution in [3.05, 3.63) is 36.4 Å². The quantitative estimate of drug-likeness (QED) is 0.844. The summed E-state index contributed by atoms with van der Waals surface area (Å²) in [5.41, 5.74) is 0.503. The third kappa shape index (κ3) is 3.54. The van der Waals surface area contributed by atoms with Crippen molar-refractivity contribution >= 4 is 22.8 Å². The van der Waals surface area contributed by atoms with Crippen molar-refractivity contribution in [3.8, 4) is 11.5 Å².